The van der Waals surface area contributed by atoms with Crippen molar-refractivity contribution in [2.24, 2.45) is 0 Å². The zero-order valence-corrected chi connectivity index (χ0v) is 10.7. The highest BCUT2D eigenvalue weighted by Crippen LogP contribution is 2.15. The summed E-state index contributed by atoms with van der Waals surface area (Å²) in [6, 6.07) is 14.4. The van der Waals surface area contributed by atoms with Crippen LogP contribution in [0.15, 0.2) is 53.3 Å². The van der Waals surface area contributed by atoms with Crippen molar-refractivity contribution in [3.8, 4) is 5.75 Å². The van der Waals surface area contributed by atoms with Gasteiger partial charge in [0.1, 0.15) is 5.75 Å². The molecule has 2 rings (SSSR count). The molecule has 0 unspecified atom stereocenters. The van der Waals surface area contributed by atoms with Crippen molar-refractivity contribution in [2.45, 2.75) is 0 Å². The molecular formula is C16H15NO2. The van der Waals surface area contributed by atoms with Crippen LogP contribution in [-0.4, -0.2) is 7.11 Å². The van der Waals surface area contributed by atoms with Crippen LogP contribution in [0.5, 0.6) is 5.75 Å². The molecule has 0 spiro atoms. The first-order valence-electron chi connectivity index (χ1n) is 5.91. The Morgan fingerprint density at radius 3 is 2.53 bits per heavy atom. The second-order valence-corrected chi connectivity index (χ2v) is 4.10. The molecule has 3 nitrogen and oxygen atoms in total. The molecule has 0 saturated heterocycles. The largest absolute Gasteiger partial charge is 0.497 e. The molecule has 2 aromatic carbocycles. The molecule has 0 atom stereocenters. The average Bonchev–Trinajstić information content (AvgIpc) is 2.60. The zero-order valence-electron chi connectivity index (χ0n) is 10.7. The number of methoxy groups -OCH3 is 1. The van der Waals surface area contributed by atoms with Gasteiger partial charge in [0.05, 0.1) is 12.8 Å². The number of rotatable bonds is 3. The first-order chi connectivity index (χ1) is 9.19. The van der Waals surface area contributed by atoms with Crippen LogP contribution in [0, 0.1) is 0 Å². The lowest BCUT2D eigenvalue weighted by atomic mass is 10.1. The molecule has 0 radical (unpaired) electrons. The smallest absolute Gasteiger partial charge is 0.201 e. The van der Waals surface area contributed by atoms with Crippen molar-refractivity contribution in [3.63, 3.8) is 0 Å². The molecule has 2 N–H and O–H groups in total. The SMILES string of the molecule is COc1cccc(C=Cc2ccc(N)c(=O)cc2)c1. The molecule has 0 aliphatic heterocycles. The molecule has 0 bridgehead atoms. The van der Waals surface area contributed by atoms with E-state index < -0.39 is 0 Å². The number of anilines is 1. The van der Waals surface area contributed by atoms with E-state index >= 15 is 0 Å². The Morgan fingerprint density at radius 2 is 1.74 bits per heavy atom. The number of ether oxygens (including phenoxy) is 1. The maximum Gasteiger partial charge on any atom is 0.201 e. The van der Waals surface area contributed by atoms with Gasteiger partial charge >= 0.3 is 0 Å². The predicted octanol–water partition coefficient (Wildman–Crippen LogP) is 2.81. The highest BCUT2D eigenvalue weighted by atomic mass is 16.5. The minimum absolute atomic E-state index is 0.166. The molecule has 0 aliphatic carbocycles. The third-order valence-corrected chi connectivity index (χ3v) is 2.73. The quantitative estimate of drug-likeness (QED) is 0.915. The molecule has 19 heavy (non-hydrogen) atoms. The maximum absolute atomic E-state index is 11.4. The fourth-order valence-corrected chi connectivity index (χ4v) is 1.64. The summed E-state index contributed by atoms with van der Waals surface area (Å²) in [5.74, 6) is 0.812. The highest BCUT2D eigenvalue weighted by molar-refractivity contribution is 5.70. The van der Waals surface area contributed by atoms with Crippen LogP contribution in [0.25, 0.3) is 12.2 Å². The zero-order chi connectivity index (χ0) is 13.7. The van der Waals surface area contributed by atoms with Crippen LogP contribution in [0.2, 0.25) is 0 Å². The first-order valence-corrected chi connectivity index (χ1v) is 5.91. The fourth-order valence-electron chi connectivity index (χ4n) is 1.64. The molecule has 0 heterocycles. The van der Waals surface area contributed by atoms with Gasteiger partial charge in [0.2, 0.25) is 5.43 Å². The van der Waals surface area contributed by atoms with Gasteiger partial charge in [-0.05, 0) is 35.4 Å². The number of hydrogen-bond acceptors (Lipinski definition) is 3. The number of nitrogens with two attached hydrogens (primary N) is 1. The number of nitrogen functional groups attached to an aromatic ring is 1. The van der Waals surface area contributed by atoms with Gasteiger partial charge in [0.15, 0.2) is 0 Å². The van der Waals surface area contributed by atoms with E-state index in [4.69, 9.17) is 10.5 Å². The van der Waals surface area contributed by atoms with Crippen LogP contribution < -0.4 is 15.9 Å². The van der Waals surface area contributed by atoms with Crippen molar-refractivity contribution >= 4 is 17.8 Å². The Morgan fingerprint density at radius 1 is 1.00 bits per heavy atom. The Kier molecular flexibility index (Phi) is 3.98. The van der Waals surface area contributed by atoms with Crippen molar-refractivity contribution < 1.29 is 4.74 Å². The van der Waals surface area contributed by atoms with Crippen LogP contribution >= 0.6 is 0 Å². The Balaban J connectivity index is 2.27. The monoisotopic (exact) mass is 253 g/mol. The predicted molar refractivity (Wildman–Crippen MR) is 79.0 cm³/mol. The molecule has 0 aromatic heterocycles. The summed E-state index contributed by atoms with van der Waals surface area (Å²) in [5, 5.41) is 0. The summed E-state index contributed by atoms with van der Waals surface area (Å²) in [7, 11) is 1.64. The van der Waals surface area contributed by atoms with E-state index in [2.05, 4.69) is 0 Å². The molecule has 0 saturated carbocycles. The summed E-state index contributed by atoms with van der Waals surface area (Å²) in [6.45, 7) is 0. The Hall–Kier alpha value is -2.55. The van der Waals surface area contributed by atoms with Crippen molar-refractivity contribution in [3.05, 3.63) is 69.9 Å². The van der Waals surface area contributed by atoms with E-state index in [-0.39, 0.29) is 11.1 Å². The van der Waals surface area contributed by atoms with Gasteiger partial charge in [-0.25, -0.2) is 0 Å². The van der Waals surface area contributed by atoms with E-state index in [1.807, 2.05) is 42.5 Å². The molecule has 0 fully saturated rings. The summed E-state index contributed by atoms with van der Waals surface area (Å²) >= 11 is 0. The lowest BCUT2D eigenvalue weighted by molar-refractivity contribution is 0.414. The summed E-state index contributed by atoms with van der Waals surface area (Å²) in [4.78, 5) is 11.4. The highest BCUT2D eigenvalue weighted by Gasteiger charge is 1.93. The Labute approximate surface area is 112 Å². The molecule has 96 valence electrons. The van der Waals surface area contributed by atoms with Crippen molar-refractivity contribution in [1.29, 1.82) is 0 Å². The minimum Gasteiger partial charge on any atom is -0.497 e. The maximum atomic E-state index is 11.4. The topological polar surface area (TPSA) is 52.3 Å². The van der Waals surface area contributed by atoms with Crippen LogP contribution in [0.3, 0.4) is 0 Å². The van der Waals surface area contributed by atoms with Crippen LogP contribution in [0.1, 0.15) is 11.1 Å². The van der Waals surface area contributed by atoms with E-state index in [1.54, 1.807) is 19.2 Å². The number of benzene rings is 1. The van der Waals surface area contributed by atoms with Crippen LogP contribution in [0.4, 0.5) is 5.69 Å². The van der Waals surface area contributed by atoms with Gasteiger partial charge in [0.25, 0.3) is 0 Å². The van der Waals surface area contributed by atoms with Crippen LogP contribution in [-0.2, 0) is 0 Å². The molecule has 3 heteroatoms. The van der Waals surface area contributed by atoms with E-state index in [0.717, 1.165) is 16.9 Å². The van der Waals surface area contributed by atoms with Gasteiger partial charge in [-0.3, -0.25) is 4.79 Å². The van der Waals surface area contributed by atoms with E-state index in [9.17, 15) is 4.79 Å². The van der Waals surface area contributed by atoms with Gasteiger partial charge in [-0.1, -0.05) is 36.4 Å². The second kappa shape index (κ2) is 5.87. The standard InChI is InChI=1S/C16H15NO2/c1-19-14-4-2-3-13(11-14)6-5-12-7-9-15(17)16(18)10-8-12/h2-11H,1H3,(H2,17,18). The minimum atomic E-state index is -0.166. The molecule has 0 amide bonds. The summed E-state index contributed by atoms with van der Waals surface area (Å²) in [5.41, 5.74) is 7.59. The third kappa shape index (κ3) is 3.45. The van der Waals surface area contributed by atoms with E-state index in [0.29, 0.717) is 0 Å². The summed E-state index contributed by atoms with van der Waals surface area (Å²) < 4.78 is 5.16. The normalized spacial score (nSPS) is 10.6. The van der Waals surface area contributed by atoms with E-state index in [1.165, 1.54) is 6.07 Å². The third-order valence-electron chi connectivity index (χ3n) is 2.73. The fraction of sp³-hybridized carbons (Fsp3) is 0.0625. The van der Waals surface area contributed by atoms with Gasteiger partial charge in [0, 0.05) is 0 Å². The van der Waals surface area contributed by atoms with Crippen molar-refractivity contribution in [2.75, 3.05) is 12.8 Å². The number of hydrogen-bond donors (Lipinski definition) is 1. The molecular weight excluding hydrogens is 238 g/mol. The first kappa shape index (κ1) is 12.9. The van der Waals surface area contributed by atoms with Gasteiger partial charge in [-0.15, -0.1) is 0 Å². The second-order valence-electron chi connectivity index (χ2n) is 4.10. The molecule has 2 aromatic rings. The van der Waals surface area contributed by atoms with Gasteiger partial charge in [-0.2, -0.15) is 0 Å². The lowest BCUT2D eigenvalue weighted by Gasteiger charge is -1.99. The summed E-state index contributed by atoms with van der Waals surface area (Å²) in [6.07, 6.45) is 3.88. The van der Waals surface area contributed by atoms with Gasteiger partial charge < -0.3 is 10.5 Å². The average molecular weight is 253 g/mol. The molecule has 0 aliphatic rings. The Bertz CT molecular complexity index is 663. The lowest BCUT2D eigenvalue weighted by Crippen LogP contribution is -2.01. The van der Waals surface area contributed by atoms with Crippen molar-refractivity contribution in [1.82, 2.24) is 0 Å².